The number of nitrogens with zero attached hydrogens (tertiary/aromatic N) is 1. The number of halogens is 1. The summed E-state index contributed by atoms with van der Waals surface area (Å²) < 4.78 is 28.3. The molecule has 0 aromatic heterocycles. The van der Waals surface area contributed by atoms with Crippen LogP contribution in [0.25, 0.3) is 0 Å². The maximum absolute atomic E-state index is 13.1. The summed E-state index contributed by atoms with van der Waals surface area (Å²) in [5, 5.41) is 11.9. The number of rotatable bonds is 7. The lowest BCUT2D eigenvalue weighted by molar-refractivity contribution is 0.0698. The molecule has 3 rings (SSSR count). The van der Waals surface area contributed by atoms with E-state index >= 15 is 0 Å². The lowest BCUT2D eigenvalue weighted by Gasteiger charge is -2.39. The van der Waals surface area contributed by atoms with Gasteiger partial charge in [-0.3, -0.25) is 4.79 Å². The molecule has 1 heterocycles. The predicted octanol–water partition coefficient (Wildman–Crippen LogP) is 4.77. The topological polar surface area (TPSA) is 104 Å². The number of hydrogen-bond donors (Lipinski definition) is 2. The van der Waals surface area contributed by atoms with Crippen LogP contribution in [0.15, 0.2) is 64.5 Å². The first-order chi connectivity index (χ1) is 15.1. The van der Waals surface area contributed by atoms with Gasteiger partial charge in [-0.2, -0.15) is 4.31 Å². The molecule has 0 radical (unpaired) electrons. The quantitative estimate of drug-likeness (QED) is 0.511. The third-order valence-corrected chi connectivity index (χ3v) is 7.95. The van der Waals surface area contributed by atoms with Crippen molar-refractivity contribution in [2.24, 2.45) is 5.41 Å². The molecule has 1 amide bonds. The summed E-state index contributed by atoms with van der Waals surface area (Å²) in [6.07, 6.45) is 4.29. The van der Waals surface area contributed by atoms with E-state index in [0.29, 0.717) is 17.6 Å². The second-order valence-corrected chi connectivity index (χ2v) is 11.1. The van der Waals surface area contributed by atoms with Crippen LogP contribution in [0.2, 0.25) is 0 Å². The molecule has 170 valence electrons. The van der Waals surface area contributed by atoms with Gasteiger partial charge in [0.15, 0.2) is 0 Å². The van der Waals surface area contributed by atoms with Gasteiger partial charge < -0.3 is 10.4 Å². The molecule has 1 aliphatic heterocycles. The van der Waals surface area contributed by atoms with E-state index in [-0.39, 0.29) is 27.1 Å². The van der Waals surface area contributed by atoms with Crippen LogP contribution in [0.5, 0.6) is 0 Å². The van der Waals surface area contributed by atoms with Crippen LogP contribution in [0.4, 0.5) is 5.69 Å². The fourth-order valence-corrected chi connectivity index (χ4v) is 5.90. The number of carbonyl (C=O) groups excluding carboxylic acids is 1. The monoisotopic (exact) mass is 520 g/mol. The van der Waals surface area contributed by atoms with Gasteiger partial charge in [0, 0.05) is 23.1 Å². The first kappa shape index (κ1) is 24.2. The molecule has 32 heavy (non-hydrogen) atoms. The van der Waals surface area contributed by atoms with Crippen LogP contribution in [0.3, 0.4) is 0 Å². The zero-order valence-electron chi connectivity index (χ0n) is 17.7. The number of anilines is 1. The Labute approximate surface area is 196 Å². The fourth-order valence-electron chi connectivity index (χ4n) is 3.91. The number of aromatic carboxylic acids is 1. The van der Waals surface area contributed by atoms with Crippen molar-refractivity contribution in [2.75, 3.05) is 18.4 Å². The van der Waals surface area contributed by atoms with Crippen molar-refractivity contribution in [3.63, 3.8) is 0 Å². The highest BCUT2D eigenvalue weighted by Gasteiger charge is 2.36. The Kier molecular flexibility index (Phi) is 7.22. The van der Waals surface area contributed by atoms with Crippen LogP contribution >= 0.6 is 15.9 Å². The third-order valence-electron chi connectivity index (χ3n) is 5.60. The van der Waals surface area contributed by atoms with Gasteiger partial charge in [0.05, 0.1) is 16.1 Å². The van der Waals surface area contributed by atoms with Crippen LogP contribution in [-0.4, -0.2) is 42.8 Å². The van der Waals surface area contributed by atoms with E-state index in [2.05, 4.69) is 34.7 Å². The van der Waals surface area contributed by atoms with Crippen molar-refractivity contribution in [2.45, 2.75) is 31.1 Å². The molecule has 2 N–H and O–H groups in total. The number of allylic oxidation sites excluding steroid dienone is 1. The summed E-state index contributed by atoms with van der Waals surface area (Å²) in [5.74, 6) is -1.71. The number of carboxylic acid groups (broad SMARTS) is 1. The van der Waals surface area contributed by atoms with E-state index in [1.807, 2.05) is 6.08 Å². The number of sulfonamides is 1. The van der Waals surface area contributed by atoms with Crippen molar-refractivity contribution in [1.82, 2.24) is 4.31 Å². The SMILES string of the molecule is C=CCC1(C)CCCN(S(=O)(=O)c2ccc(C(=O)Nc3ccc(Br)cc3C(=O)O)cc2)C1. The highest BCUT2D eigenvalue weighted by molar-refractivity contribution is 9.10. The molecule has 0 bridgehead atoms. The van der Waals surface area contributed by atoms with Gasteiger partial charge in [-0.15, -0.1) is 6.58 Å². The number of benzene rings is 2. The van der Waals surface area contributed by atoms with Gasteiger partial charge in [0.25, 0.3) is 5.91 Å². The lowest BCUT2D eigenvalue weighted by Crippen LogP contribution is -2.44. The summed E-state index contributed by atoms with van der Waals surface area (Å²) in [4.78, 5) is 24.2. The standard InChI is InChI=1S/C23H25BrN2O5S/c1-3-11-23(2)12-4-13-26(15-23)32(30,31)18-8-5-16(6-9-18)21(27)25-20-10-7-17(24)14-19(20)22(28)29/h3,5-10,14H,1,4,11-13,15H2,2H3,(H,25,27)(H,28,29). The molecular weight excluding hydrogens is 496 g/mol. The normalized spacial score (nSPS) is 19.3. The molecule has 9 heteroatoms. The maximum Gasteiger partial charge on any atom is 0.337 e. The van der Waals surface area contributed by atoms with Crippen LogP contribution in [0.1, 0.15) is 46.9 Å². The van der Waals surface area contributed by atoms with E-state index in [0.717, 1.165) is 19.3 Å². The average Bonchev–Trinajstić information content (AvgIpc) is 2.75. The van der Waals surface area contributed by atoms with Gasteiger partial charge in [-0.1, -0.05) is 28.9 Å². The maximum atomic E-state index is 13.1. The summed E-state index contributed by atoms with van der Waals surface area (Å²) >= 11 is 3.21. The van der Waals surface area contributed by atoms with Crippen molar-refractivity contribution < 1.29 is 23.1 Å². The first-order valence-electron chi connectivity index (χ1n) is 10.1. The Hall–Kier alpha value is -2.49. The molecule has 1 aliphatic rings. The number of carbonyl (C=O) groups is 2. The Morgan fingerprint density at radius 1 is 1.25 bits per heavy atom. The van der Waals surface area contributed by atoms with Crippen molar-refractivity contribution in [3.8, 4) is 0 Å². The minimum Gasteiger partial charge on any atom is -0.478 e. The van der Waals surface area contributed by atoms with Crippen molar-refractivity contribution in [3.05, 3.63) is 70.7 Å². The highest BCUT2D eigenvalue weighted by Crippen LogP contribution is 2.35. The Morgan fingerprint density at radius 3 is 2.56 bits per heavy atom. The second-order valence-electron chi connectivity index (χ2n) is 8.22. The predicted molar refractivity (Wildman–Crippen MR) is 126 cm³/mol. The minimum absolute atomic E-state index is 0.0559. The molecule has 0 saturated carbocycles. The van der Waals surface area contributed by atoms with Crippen molar-refractivity contribution in [1.29, 1.82) is 0 Å². The van der Waals surface area contributed by atoms with Gasteiger partial charge in [0.1, 0.15) is 0 Å². The van der Waals surface area contributed by atoms with E-state index in [1.54, 1.807) is 6.07 Å². The minimum atomic E-state index is -3.69. The molecular formula is C23H25BrN2O5S. The van der Waals surface area contributed by atoms with Crippen LogP contribution in [0, 0.1) is 5.41 Å². The molecule has 7 nitrogen and oxygen atoms in total. The number of amides is 1. The number of carboxylic acids is 1. The first-order valence-corrected chi connectivity index (χ1v) is 12.3. The summed E-state index contributed by atoms with van der Waals surface area (Å²) in [5.41, 5.74) is 0.176. The molecule has 1 saturated heterocycles. The smallest absolute Gasteiger partial charge is 0.337 e. The van der Waals surface area contributed by atoms with Crippen molar-refractivity contribution >= 4 is 43.5 Å². The van der Waals surface area contributed by atoms with Gasteiger partial charge in [0.2, 0.25) is 10.0 Å². The highest BCUT2D eigenvalue weighted by atomic mass is 79.9. The summed E-state index contributed by atoms with van der Waals surface area (Å²) in [7, 11) is -3.69. The molecule has 2 aromatic rings. The van der Waals surface area contributed by atoms with Gasteiger partial charge >= 0.3 is 5.97 Å². The van der Waals surface area contributed by atoms with E-state index in [1.165, 1.54) is 40.7 Å². The summed E-state index contributed by atoms with van der Waals surface area (Å²) in [6, 6.07) is 10.2. The van der Waals surface area contributed by atoms with Crippen LogP contribution < -0.4 is 5.32 Å². The molecule has 2 aromatic carbocycles. The molecule has 0 aliphatic carbocycles. The fraction of sp³-hybridized carbons (Fsp3) is 0.304. The van der Waals surface area contributed by atoms with E-state index in [9.17, 15) is 23.1 Å². The van der Waals surface area contributed by atoms with E-state index < -0.39 is 21.9 Å². The molecule has 1 atom stereocenters. The Morgan fingerprint density at radius 2 is 1.94 bits per heavy atom. The average molecular weight is 521 g/mol. The lowest BCUT2D eigenvalue weighted by atomic mass is 9.80. The van der Waals surface area contributed by atoms with E-state index in [4.69, 9.17) is 0 Å². The number of nitrogens with one attached hydrogen (secondary N) is 1. The zero-order valence-corrected chi connectivity index (χ0v) is 20.1. The Bertz CT molecular complexity index is 1150. The molecule has 0 spiro atoms. The number of piperidine rings is 1. The van der Waals surface area contributed by atoms with Crippen LogP contribution in [-0.2, 0) is 10.0 Å². The zero-order chi connectivity index (χ0) is 23.5. The second kappa shape index (κ2) is 9.56. The number of hydrogen-bond acceptors (Lipinski definition) is 4. The van der Waals surface area contributed by atoms with Gasteiger partial charge in [-0.05, 0) is 67.1 Å². The molecule has 1 fully saturated rings. The third kappa shape index (κ3) is 5.28. The Balaban J connectivity index is 1.78. The summed E-state index contributed by atoms with van der Waals surface area (Å²) in [6.45, 7) is 6.73. The van der Waals surface area contributed by atoms with Gasteiger partial charge in [-0.25, -0.2) is 13.2 Å². The largest absolute Gasteiger partial charge is 0.478 e. The molecule has 1 unspecified atom stereocenters.